The van der Waals surface area contributed by atoms with E-state index in [9.17, 15) is 5.11 Å². The van der Waals surface area contributed by atoms with E-state index in [4.69, 9.17) is 0 Å². The van der Waals surface area contributed by atoms with Gasteiger partial charge < -0.3 is 15.4 Å². The van der Waals surface area contributed by atoms with Crippen LogP contribution in [0, 0.1) is 0 Å². The second kappa shape index (κ2) is 4.04. The molecule has 3 N–H and O–H groups in total. The van der Waals surface area contributed by atoms with Crippen molar-refractivity contribution in [2.45, 2.75) is 31.3 Å². The fraction of sp³-hybridized carbons (Fsp3) is 0.462. The fourth-order valence-electron chi connectivity index (χ4n) is 2.49. The Labute approximate surface area is 100 Å². The molecule has 3 rings (SSSR count). The predicted octanol–water partition coefficient (Wildman–Crippen LogP) is 2.28. The fourth-order valence-corrected chi connectivity index (χ4v) is 2.49. The summed E-state index contributed by atoms with van der Waals surface area (Å²) in [6.07, 6.45) is 4.02. The average molecular weight is 231 g/mol. The molecule has 2 aromatic rings. The molecule has 0 bridgehead atoms. The highest BCUT2D eigenvalue weighted by Crippen LogP contribution is 2.29. The standard InChI is InChI=1S/C13H17N3O/c17-13(7-3-4-8-13)9-14-12-15-10-5-1-2-6-11(10)16-12/h1-2,5-6,17H,3-4,7-9H2,(H2,14,15,16). The van der Waals surface area contributed by atoms with Gasteiger partial charge >= 0.3 is 0 Å². The van der Waals surface area contributed by atoms with Crippen molar-refractivity contribution < 1.29 is 5.11 Å². The van der Waals surface area contributed by atoms with Gasteiger partial charge in [0.2, 0.25) is 5.95 Å². The van der Waals surface area contributed by atoms with Gasteiger partial charge in [-0.15, -0.1) is 0 Å². The van der Waals surface area contributed by atoms with Crippen LogP contribution in [0.25, 0.3) is 11.0 Å². The molecule has 1 heterocycles. The van der Waals surface area contributed by atoms with Crippen LogP contribution in [0.15, 0.2) is 24.3 Å². The molecule has 1 aliphatic carbocycles. The molecule has 1 aliphatic rings. The van der Waals surface area contributed by atoms with Crippen LogP contribution < -0.4 is 5.32 Å². The largest absolute Gasteiger partial charge is 0.388 e. The number of aromatic nitrogens is 2. The number of benzene rings is 1. The van der Waals surface area contributed by atoms with Crippen LogP contribution in [0.2, 0.25) is 0 Å². The number of para-hydroxylation sites is 2. The van der Waals surface area contributed by atoms with Gasteiger partial charge in [0.05, 0.1) is 16.6 Å². The van der Waals surface area contributed by atoms with Crippen LogP contribution in [0.1, 0.15) is 25.7 Å². The lowest BCUT2D eigenvalue weighted by Gasteiger charge is -2.21. The lowest BCUT2D eigenvalue weighted by molar-refractivity contribution is 0.0613. The molecule has 1 aromatic carbocycles. The maximum absolute atomic E-state index is 10.2. The zero-order valence-corrected chi connectivity index (χ0v) is 9.74. The third kappa shape index (κ3) is 2.13. The lowest BCUT2D eigenvalue weighted by atomic mass is 10.0. The number of nitrogens with zero attached hydrogens (tertiary/aromatic N) is 1. The van der Waals surface area contributed by atoms with Gasteiger partial charge in [-0.1, -0.05) is 25.0 Å². The van der Waals surface area contributed by atoms with Crippen LogP contribution >= 0.6 is 0 Å². The molecule has 90 valence electrons. The highest BCUT2D eigenvalue weighted by Gasteiger charge is 2.30. The highest BCUT2D eigenvalue weighted by molar-refractivity contribution is 5.77. The molecule has 1 saturated carbocycles. The normalized spacial score (nSPS) is 18.6. The minimum absolute atomic E-state index is 0.543. The summed E-state index contributed by atoms with van der Waals surface area (Å²) in [5.41, 5.74) is 1.43. The van der Waals surface area contributed by atoms with Crippen molar-refractivity contribution in [3.8, 4) is 0 Å². The number of nitrogens with one attached hydrogen (secondary N) is 2. The molecule has 1 fully saturated rings. The lowest BCUT2D eigenvalue weighted by Crippen LogP contribution is -2.33. The van der Waals surface area contributed by atoms with Gasteiger partial charge in [0.15, 0.2) is 0 Å². The molecule has 17 heavy (non-hydrogen) atoms. The van der Waals surface area contributed by atoms with Crippen LogP contribution in [0.5, 0.6) is 0 Å². The first-order chi connectivity index (χ1) is 8.25. The molecule has 0 radical (unpaired) electrons. The van der Waals surface area contributed by atoms with Gasteiger partial charge in [-0.2, -0.15) is 0 Å². The van der Waals surface area contributed by atoms with E-state index in [2.05, 4.69) is 15.3 Å². The summed E-state index contributed by atoms with van der Waals surface area (Å²) >= 11 is 0. The summed E-state index contributed by atoms with van der Waals surface area (Å²) in [6.45, 7) is 0.576. The summed E-state index contributed by atoms with van der Waals surface area (Å²) < 4.78 is 0. The number of hydrogen-bond acceptors (Lipinski definition) is 3. The molecule has 1 aromatic heterocycles. The number of hydrogen-bond donors (Lipinski definition) is 3. The Kier molecular flexibility index (Phi) is 2.52. The van der Waals surface area contributed by atoms with E-state index in [0.29, 0.717) is 6.54 Å². The summed E-state index contributed by atoms with van der Waals surface area (Å²) in [7, 11) is 0. The van der Waals surface area contributed by atoms with Gasteiger partial charge in [-0.3, -0.25) is 0 Å². The quantitative estimate of drug-likeness (QED) is 0.759. The number of fused-ring (bicyclic) bond motifs is 1. The number of aromatic amines is 1. The van der Waals surface area contributed by atoms with Crippen LogP contribution in [0.3, 0.4) is 0 Å². The predicted molar refractivity (Wildman–Crippen MR) is 68.0 cm³/mol. The molecular formula is C13H17N3O. The van der Waals surface area contributed by atoms with Crippen molar-refractivity contribution in [2.75, 3.05) is 11.9 Å². The second-order valence-electron chi connectivity index (χ2n) is 4.89. The molecule has 0 amide bonds. The number of rotatable bonds is 3. The Bertz CT molecular complexity index is 481. The first kappa shape index (κ1) is 10.6. The van der Waals surface area contributed by atoms with E-state index in [1.807, 2.05) is 24.3 Å². The van der Waals surface area contributed by atoms with Gasteiger partial charge in [0.1, 0.15) is 0 Å². The van der Waals surface area contributed by atoms with Crippen molar-refractivity contribution in [3.05, 3.63) is 24.3 Å². The maximum Gasteiger partial charge on any atom is 0.201 e. The van der Waals surface area contributed by atoms with Crippen LogP contribution in [-0.2, 0) is 0 Å². The number of anilines is 1. The zero-order chi connectivity index (χ0) is 11.7. The molecule has 4 nitrogen and oxygen atoms in total. The second-order valence-corrected chi connectivity index (χ2v) is 4.89. The van der Waals surface area contributed by atoms with Gasteiger partial charge in [0.25, 0.3) is 0 Å². The van der Waals surface area contributed by atoms with Crippen LogP contribution in [0.4, 0.5) is 5.95 Å². The van der Waals surface area contributed by atoms with Gasteiger partial charge in [-0.25, -0.2) is 4.98 Å². The first-order valence-corrected chi connectivity index (χ1v) is 6.16. The van der Waals surface area contributed by atoms with E-state index in [0.717, 1.165) is 42.7 Å². The minimum atomic E-state index is -0.543. The topological polar surface area (TPSA) is 60.9 Å². The van der Waals surface area contributed by atoms with Gasteiger partial charge in [-0.05, 0) is 25.0 Å². The highest BCUT2D eigenvalue weighted by atomic mass is 16.3. The summed E-state index contributed by atoms with van der Waals surface area (Å²) in [6, 6.07) is 7.92. The van der Waals surface area contributed by atoms with Gasteiger partial charge in [0, 0.05) is 6.54 Å². The van der Waals surface area contributed by atoms with Crippen molar-refractivity contribution in [2.24, 2.45) is 0 Å². The molecule has 0 atom stereocenters. The zero-order valence-electron chi connectivity index (χ0n) is 9.74. The summed E-state index contributed by atoms with van der Waals surface area (Å²) in [4.78, 5) is 7.63. The Hall–Kier alpha value is -1.55. The van der Waals surface area contributed by atoms with Crippen molar-refractivity contribution >= 4 is 17.0 Å². The SMILES string of the molecule is OC1(CNc2nc3ccccc3[nH]2)CCCC1. The molecule has 0 unspecified atom stereocenters. The molecule has 0 saturated heterocycles. The minimum Gasteiger partial charge on any atom is -0.388 e. The summed E-state index contributed by atoms with van der Waals surface area (Å²) in [5.74, 6) is 0.742. The number of imidazole rings is 1. The first-order valence-electron chi connectivity index (χ1n) is 6.16. The smallest absolute Gasteiger partial charge is 0.201 e. The van der Waals surface area contributed by atoms with E-state index in [1.165, 1.54) is 0 Å². The van der Waals surface area contributed by atoms with E-state index < -0.39 is 5.60 Å². The summed E-state index contributed by atoms with van der Waals surface area (Å²) in [5, 5.41) is 13.4. The third-order valence-corrected chi connectivity index (χ3v) is 3.51. The Balaban J connectivity index is 1.72. The number of H-pyrrole nitrogens is 1. The molecule has 4 heteroatoms. The Morgan fingerprint density at radius 3 is 2.82 bits per heavy atom. The maximum atomic E-state index is 10.2. The van der Waals surface area contributed by atoms with E-state index >= 15 is 0 Å². The van der Waals surface area contributed by atoms with E-state index in [-0.39, 0.29) is 0 Å². The Morgan fingerprint density at radius 1 is 1.29 bits per heavy atom. The molecule has 0 aliphatic heterocycles. The van der Waals surface area contributed by atoms with Crippen molar-refractivity contribution in [1.82, 2.24) is 9.97 Å². The van der Waals surface area contributed by atoms with Crippen molar-refractivity contribution in [1.29, 1.82) is 0 Å². The van der Waals surface area contributed by atoms with Crippen molar-refractivity contribution in [3.63, 3.8) is 0 Å². The van der Waals surface area contributed by atoms with Crippen LogP contribution in [-0.4, -0.2) is 27.2 Å². The Morgan fingerprint density at radius 2 is 2.06 bits per heavy atom. The third-order valence-electron chi connectivity index (χ3n) is 3.51. The average Bonchev–Trinajstić information content (AvgIpc) is 2.93. The molecular weight excluding hydrogens is 214 g/mol. The van der Waals surface area contributed by atoms with E-state index in [1.54, 1.807) is 0 Å². The monoisotopic (exact) mass is 231 g/mol. The number of aliphatic hydroxyl groups is 1. The molecule has 0 spiro atoms.